The predicted molar refractivity (Wildman–Crippen MR) is 70.1 cm³/mol. The average molecular weight is 253 g/mol. The van der Waals surface area contributed by atoms with Gasteiger partial charge in [-0.05, 0) is 45.4 Å². The second-order valence-corrected chi connectivity index (χ2v) is 5.23. The van der Waals surface area contributed by atoms with E-state index in [4.69, 9.17) is 4.74 Å². The van der Waals surface area contributed by atoms with Crippen LogP contribution in [0.3, 0.4) is 0 Å². The Kier molecular flexibility index (Phi) is 4.70. The van der Waals surface area contributed by atoms with Crippen LogP contribution in [0, 0.1) is 12.7 Å². The highest BCUT2D eigenvalue weighted by molar-refractivity contribution is 5.70. The number of carbonyl (C=O) groups excluding carboxylic acids is 1. The van der Waals surface area contributed by atoms with Crippen LogP contribution in [-0.2, 0) is 9.53 Å². The first-order valence-electron chi connectivity index (χ1n) is 6.00. The Labute approximate surface area is 107 Å². The van der Waals surface area contributed by atoms with E-state index in [0.29, 0.717) is 17.8 Å². The number of rotatable bonds is 4. The molecule has 100 valence electrons. The van der Waals surface area contributed by atoms with Crippen LogP contribution >= 0.6 is 0 Å². The van der Waals surface area contributed by atoms with E-state index in [1.807, 2.05) is 20.8 Å². The summed E-state index contributed by atoms with van der Waals surface area (Å²) in [6.07, 6.45) is 0.257. The number of aryl methyl sites for hydroxylation is 1. The van der Waals surface area contributed by atoms with E-state index >= 15 is 0 Å². The Morgan fingerprint density at radius 1 is 1.39 bits per heavy atom. The van der Waals surface area contributed by atoms with Crippen LogP contribution in [0.4, 0.5) is 10.1 Å². The summed E-state index contributed by atoms with van der Waals surface area (Å²) >= 11 is 0. The zero-order chi connectivity index (χ0) is 13.8. The van der Waals surface area contributed by atoms with Crippen molar-refractivity contribution >= 4 is 11.7 Å². The molecule has 0 heterocycles. The lowest BCUT2D eigenvalue weighted by atomic mass is 10.2. The molecule has 0 unspecified atom stereocenters. The minimum atomic E-state index is -0.465. The van der Waals surface area contributed by atoms with Crippen molar-refractivity contribution in [2.45, 2.75) is 39.7 Å². The van der Waals surface area contributed by atoms with Gasteiger partial charge in [-0.15, -0.1) is 0 Å². The van der Waals surface area contributed by atoms with Gasteiger partial charge in [0.05, 0.1) is 6.42 Å². The van der Waals surface area contributed by atoms with E-state index in [1.54, 1.807) is 19.1 Å². The maximum Gasteiger partial charge on any atom is 0.308 e. The highest BCUT2D eigenvalue weighted by Crippen LogP contribution is 2.14. The maximum absolute atomic E-state index is 13.3. The molecule has 1 rings (SSSR count). The molecule has 3 nitrogen and oxygen atoms in total. The summed E-state index contributed by atoms with van der Waals surface area (Å²) in [4.78, 5) is 11.4. The first kappa shape index (κ1) is 14.5. The van der Waals surface area contributed by atoms with Crippen molar-refractivity contribution in [3.05, 3.63) is 29.6 Å². The van der Waals surface area contributed by atoms with Gasteiger partial charge in [-0.2, -0.15) is 0 Å². The minimum Gasteiger partial charge on any atom is -0.460 e. The van der Waals surface area contributed by atoms with Crippen LogP contribution in [0.15, 0.2) is 18.2 Å². The van der Waals surface area contributed by atoms with Gasteiger partial charge in [-0.25, -0.2) is 4.39 Å². The molecule has 0 fully saturated rings. The van der Waals surface area contributed by atoms with Gasteiger partial charge in [0.2, 0.25) is 0 Å². The van der Waals surface area contributed by atoms with Crippen molar-refractivity contribution < 1.29 is 13.9 Å². The van der Waals surface area contributed by atoms with Crippen molar-refractivity contribution in [2.75, 3.05) is 11.9 Å². The van der Waals surface area contributed by atoms with Gasteiger partial charge in [-0.3, -0.25) is 4.79 Å². The molecular weight excluding hydrogens is 233 g/mol. The number of nitrogens with one attached hydrogen (secondary N) is 1. The Hall–Kier alpha value is -1.58. The van der Waals surface area contributed by atoms with Gasteiger partial charge in [0.25, 0.3) is 0 Å². The minimum absolute atomic E-state index is 0.253. The normalized spacial score (nSPS) is 11.2. The quantitative estimate of drug-likeness (QED) is 0.837. The van der Waals surface area contributed by atoms with Gasteiger partial charge >= 0.3 is 5.97 Å². The van der Waals surface area contributed by atoms with Crippen molar-refractivity contribution in [3.63, 3.8) is 0 Å². The van der Waals surface area contributed by atoms with Gasteiger partial charge < -0.3 is 10.1 Å². The molecule has 0 atom stereocenters. The van der Waals surface area contributed by atoms with Crippen LogP contribution in [0.2, 0.25) is 0 Å². The Balaban J connectivity index is 2.38. The maximum atomic E-state index is 13.3. The predicted octanol–water partition coefficient (Wildman–Crippen LogP) is 3.28. The van der Waals surface area contributed by atoms with E-state index < -0.39 is 5.60 Å². The second-order valence-electron chi connectivity index (χ2n) is 5.23. The fourth-order valence-corrected chi connectivity index (χ4v) is 1.40. The number of ether oxygens (including phenoxy) is 1. The SMILES string of the molecule is Cc1ccc(NCCC(=O)OC(C)(C)C)cc1F. The lowest BCUT2D eigenvalue weighted by Crippen LogP contribution is -2.25. The Morgan fingerprint density at radius 2 is 2.06 bits per heavy atom. The monoisotopic (exact) mass is 253 g/mol. The van der Waals surface area contributed by atoms with Crippen LogP contribution < -0.4 is 5.32 Å². The van der Waals surface area contributed by atoms with E-state index in [-0.39, 0.29) is 18.2 Å². The van der Waals surface area contributed by atoms with Gasteiger partial charge in [0, 0.05) is 12.2 Å². The smallest absolute Gasteiger partial charge is 0.308 e. The van der Waals surface area contributed by atoms with E-state index in [1.165, 1.54) is 6.07 Å². The number of esters is 1. The lowest BCUT2D eigenvalue weighted by Gasteiger charge is -2.19. The van der Waals surface area contributed by atoms with E-state index in [9.17, 15) is 9.18 Å². The number of hydrogen-bond donors (Lipinski definition) is 1. The molecule has 0 amide bonds. The van der Waals surface area contributed by atoms with Crippen LogP contribution in [0.1, 0.15) is 32.8 Å². The number of anilines is 1. The fourth-order valence-electron chi connectivity index (χ4n) is 1.40. The summed E-state index contributed by atoms with van der Waals surface area (Å²) in [5.74, 6) is -0.514. The second kappa shape index (κ2) is 5.85. The Morgan fingerprint density at radius 3 is 2.61 bits per heavy atom. The van der Waals surface area contributed by atoms with E-state index in [0.717, 1.165) is 0 Å². The zero-order valence-electron chi connectivity index (χ0n) is 11.3. The topological polar surface area (TPSA) is 38.3 Å². The molecule has 1 aromatic carbocycles. The summed E-state index contributed by atoms with van der Waals surface area (Å²) in [6.45, 7) is 7.62. The summed E-state index contributed by atoms with van der Waals surface area (Å²) in [6, 6.07) is 4.91. The summed E-state index contributed by atoms with van der Waals surface area (Å²) in [7, 11) is 0. The molecule has 0 saturated carbocycles. The molecule has 0 bridgehead atoms. The molecule has 1 N–H and O–H groups in total. The molecule has 4 heteroatoms. The van der Waals surface area contributed by atoms with Gasteiger partial charge in [0.15, 0.2) is 0 Å². The largest absolute Gasteiger partial charge is 0.460 e. The molecule has 0 aliphatic heterocycles. The van der Waals surface area contributed by atoms with E-state index in [2.05, 4.69) is 5.32 Å². The molecule has 0 radical (unpaired) electrons. The lowest BCUT2D eigenvalue weighted by molar-refractivity contribution is -0.154. The number of benzene rings is 1. The molecule has 0 aliphatic rings. The highest BCUT2D eigenvalue weighted by atomic mass is 19.1. The van der Waals surface area contributed by atoms with Gasteiger partial charge in [0.1, 0.15) is 11.4 Å². The molecule has 0 saturated heterocycles. The third-order valence-electron chi connectivity index (χ3n) is 2.25. The van der Waals surface area contributed by atoms with Gasteiger partial charge in [-0.1, -0.05) is 6.07 Å². The third kappa shape index (κ3) is 5.17. The Bertz CT molecular complexity index is 424. The van der Waals surface area contributed by atoms with Crippen molar-refractivity contribution in [2.24, 2.45) is 0 Å². The molecule has 0 aromatic heterocycles. The highest BCUT2D eigenvalue weighted by Gasteiger charge is 2.15. The molecule has 18 heavy (non-hydrogen) atoms. The average Bonchev–Trinajstić information content (AvgIpc) is 2.20. The molecule has 0 spiro atoms. The number of carbonyl (C=O) groups is 1. The van der Waals surface area contributed by atoms with Crippen molar-refractivity contribution in [3.8, 4) is 0 Å². The summed E-state index contributed by atoms with van der Waals surface area (Å²) in [5, 5.41) is 2.99. The van der Waals surface area contributed by atoms with Crippen LogP contribution in [0.25, 0.3) is 0 Å². The molecule has 1 aromatic rings. The summed E-state index contributed by atoms with van der Waals surface area (Å²) < 4.78 is 18.4. The van der Waals surface area contributed by atoms with Crippen molar-refractivity contribution in [1.29, 1.82) is 0 Å². The molecule has 0 aliphatic carbocycles. The molecular formula is C14H20FNO2. The zero-order valence-corrected chi connectivity index (χ0v) is 11.3. The summed E-state index contributed by atoms with van der Waals surface area (Å²) in [5.41, 5.74) is 0.807. The van der Waals surface area contributed by atoms with Crippen LogP contribution in [0.5, 0.6) is 0 Å². The van der Waals surface area contributed by atoms with Crippen molar-refractivity contribution in [1.82, 2.24) is 0 Å². The third-order valence-corrected chi connectivity index (χ3v) is 2.25. The number of halogens is 1. The fraction of sp³-hybridized carbons (Fsp3) is 0.500. The first-order chi connectivity index (χ1) is 8.28. The first-order valence-corrected chi connectivity index (χ1v) is 6.00. The standard InChI is InChI=1S/C14H20FNO2/c1-10-5-6-11(9-12(10)15)16-8-7-13(17)18-14(2,3)4/h5-6,9,16H,7-8H2,1-4H3. The van der Waals surface area contributed by atoms with Crippen LogP contribution in [-0.4, -0.2) is 18.1 Å². The number of hydrogen-bond acceptors (Lipinski definition) is 3.